The van der Waals surface area contributed by atoms with E-state index >= 15 is 0 Å². The van der Waals surface area contributed by atoms with Gasteiger partial charge in [0.15, 0.2) is 17.3 Å². The minimum absolute atomic E-state index is 0.167. The van der Waals surface area contributed by atoms with E-state index in [-0.39, 0.29) is 12.4 Å². The summed E-state index contributed by atoms with van der Waals surface area (Å²) in [6.45, 7) is 4.45. The number of H-pyrrole nitrogens is 1. The average Bonchev–Trinajstić information content (AvgIpc) is 3.51. The van der Waals surface area contributed by atoms with Crippen molar-refractivity contribution in [1.82, 2.24) is 30.1 Å². The lowest BCUT2D eigenvalue weighted by Crippen LogP contribution is -2.35. The number of methoxy groups -OCH3 is 1. The number of benzene rings is 2. The predicted octanol–water partition coefficient (Wildman–Crippen LogP) is 2.50. The number of pyridine rings is 1. The van der Waals surface area contributed by atoms with Gasteiger partial charge in [0.2, 0.25) is 6.79 Å². The first-order valence-electron chi connectivity index (χ1n) is 11.2. The van der Waals surface area contributed by atoms with Gasteiger partial charge in [0, 0.05) is 30.7 Å². The van der Waals surface area contributed by atoms with E-state index < -0.39 is 6.04 Å². The van der Waals surface area contributed by atoms with Gasteiger partial charge in [0.25, 0.3) is 5.56 Å². The SMILES string of the molecule is CCN(Cc1ccccc1)C(c1cc2cc3c(cc2[nH]c1=O)OCO3)c1nnnn1CCOC. The molecule has 0 saturated heterocycles. The van der Waals surface area contributed by atoms with Gasteiger partial charge in [-0.2, -0.15) is 0 Å². The van der Waals surface area contributed by atoms with Crippen LogP contribution in [0.1, 0.15) is 29.9 Å². The second-order valence-corrected chi connectivity index (χ2v) is 8.05. The van der Waals surface area contributed by atoms with Crippen LogP contribution in [0.4, 0.5) is 0 Å². The Morgan fingerprint density at radius 3 is 2.74 bits per heavy atom. The third-order valence-electron chi connectivity index (χ3n) is 5.97. The predicted molar refractivity (Wildman–Crippen MR) is 125 cm³/mol. The van der Waals surface area contributed by atoms with Crippen molar-refractivity contribution in [2.75, 3.05) is 27.1 Å². The molecule has 3 heterocycles. The van der Waals surface area contributed by atoms with Crippen molar-refractivity contribution in [2.24, 2.45) is 0 Å². The van der Waals surface area contributed by atoms with Crippen molar-refractivity contribution in [3.63, 3.8) is 0 Å². The van der Waals surface area contributed by atoms with Crippen LogP contribution >= 0.6 is 0 Å². The van der Waals surface area contributed by atoms with Crippen molar-refractivity contribution in [3.05, 3.63) is 75.8 Å². The van der Waals surface area contributed by atoms with Crippen LogP contribution in [0.5, 0.6) is 11.5 Å². The molecule has 0 amide bonds. The molecular weight excluding hydrogens is 436 g/mol. The quantitative estimate of drug-likeness (QED) is 0.404. The zero-order valence-corrected chi connectivity index (χ0v) is 19.1. The summed E-state index contributed by atoms with van der Waals surface area (Å²) in [5, 5.41) is 13.3. The molecule has 34 heavy (non-hydrogen) atoms. The number of nitrogens with zero attached hydrogens (tertiary/aromatic N) is 5. The summed E-state index contributed by atoms with van der Waals surface area (Å²) in [5.74, 6) is 1.86. The fourth-order valence-electron chi connectivity index (χ4n) is 4.26. The summed E-state index contributed by atoms with van der Waals surface area (Å²) in [7, 11) is 1.63. The van der Waals surface area contributed by atoms with Gasteiger partial charge < -0.3 is 19.2 Å². The summed E-state index contributed by atoms with van der Waals surface area (Å²) in [4.78, 5) is 18.6. The molecule has 2 aromatic carbocycles. The summed E-state index contributed by atoms with van der Waals surface area (Å²) in [6.07, 6.45) is 0. The first-order chi connectivity index (χ1) is 16.7. The largest absolute Gasteiger partial charge is 0.454 e. The van der Waals surface area contributed by atoms with Crippen LogP contribution in [0.3, 0.4) is 0 Å². The highest BCUT2D eigenvalue weighted by Crippen LogP contribution is 2.36. The van der Waals surface area contributed by atoms with Crippen molar-refractivity contribution in [1.29, 1.82) is 0 Å². The Kier molecular flexibility index (Phi) is 6.24. The maximum absolute atomic E-state index is 13.4. The molecule has 176 valence electrons. The van der Waals surface area contributed by atoms with Crippen LogP contribution in [0, 0.1) is 0 Å². The molecule has 0 saturated carbocycles. The van der Waals surface area contributed by atoms with Gasteiger partial charge in [-0.05, 0) is 34.7 Å². The van der Waals surface area contributed by atoms with Crippen LogP contribution < -0.4 is 15.0 Å². The fraction of sp³-hybridized carbons (Fsp3) is 0.333. The van der Waals surface area contributed by atoms with Gasteiger partial charge in [0.05, 0.1) is 18.7 Å². The van der Waals surface area contributed by atoms with E-state index in [1.54, 1.807) is 17.9 Å². The molecule has 1 aliphatic heterocycles. The Bertz CT molecular complexity index is 1340. The van der Waals surface area contributed by atoms with Gasteiger partial charge >= 0.3 is 0 Å². The van der Waals surface area contributed by atoms with E-state index in [4.69, 9.17) is 14.2 Å². The molecule has 1 N–H and O–H groups in total. The molecule has 1 unspecified atom stereocenters. The molecule has 0 radical (unpaired) electrons. The zero-order valence-electron chi connectivity index (χ0n) is 19.1. The summed E-state index contributed by atoms with van der Waals surface area (Å²) in [6, 6.07) is 15.2. The topological polar surface area (TPSA) is 107 Å². The normalized spacial score (nSPS) is 13.6. The Labute approximate surface area is 196 Å². The number of hydrogen-bond acceptors (Lipinski definition) is 8. The highest BCUT2D eigenvalue weighted by atomic mass is 16.7. The molecular formula is C24H26N6O4. The zero-order chi connectivity index (χ0) is 23.5. The minimum Gasteiger partial charge on any atom is -0.454 e. The monoisotopic (exact) mass is 462 g/mol. The second kappa shape index (κ2) is 9.62. The number of tetrazole rings is 1. The van der Waals surface area contributed by atoms with Gasteiger partial charge in [0.1, 0.15) is 6.04 Å². The molecule has 2 aromatic heterocycles. The van der Waals surface area contributed by atoms with Crippen LogP contribution in [0.2, 0.25) is 0 Å². The lowest BCUT2D eigenvalue weighted by molar-refractivity contribution is 0.173. The van der Waals surface area contributed by atoms with Crippen molar-refractivity contribution < 1.29 is 14.2 Å². The third-order valence-corrected chi connectivity index (χ3v) is 5.97. The molecule has 10 nitrogen and oxygen atoms in total. The lowest BCUT2D eigenvalue weighted by atomic mass is 10.0. The van der Waals surface area contributed by atoms with E-state index in [2.05, 4.69) is 44.5 Å². The van der Waals surface area contributed by atoms with E-state index in [0.717, 1.165) is 10.9 Å². The molecule has 10 heteroatoms. The molecule has 4 aromatic rings. The standard InChI is InChI=1S/C24H26N6O4/c1-3-29(14-16-7-5-4-6-8-16)22(23-26-27-28-30(23)9-10-32-2)18-11-17-12-20-21(34-15-33-20)13-19(17)25-24(18)31/h4-8,11-13,22H,3,9-10,14-15H2,1-2H3,(H,25,31). The minimum atomic E-state index is -0.476. The van der Waals surface area contributed by atoms with Crippen molar-refractivity contribution in [2.45, 2.75) is 26.1 Å². The summed E-state index contributed by atoms with van der Waals surface area (Å²) in [5.41, 5.74) is 2.16. The maximum atomic E-state index is 13.4. The van der Waals surface area contributed by atoms with Crippen LogP contribution in [-0.4, -0.2) is 57.1 Å². The van der Waals surface area contributed by atoms with Gasteiger partial charge in [-0.15, -0.1) is 5.10 Å². The van der Waals surface area contributed by atoms with Crippen molar-refractivity contribution >= 4 is 10.9 Å². The molecule has 0 spiro atoms. The van der Waals surface area contributed by atoms with E-state index in [9.17, 15) is 4.79 Å². The number of aromatic amines is 1. The number of hydrogen-bond donors (Lipinski definition) is 1. The number of nitrogens with one attached hydrogen (secondary N) is 1. The maximum Gasteiger partial charge on any atom is 0.253 e. The molecule has 0 bridgehead atoms. The summed E-state index contributed by atoms with van der Waals surface area (Å²) < 4.78 is 17.9. The third kappa shape index (κ3) is 4.25. The van der Waals surface area contributed by atoms with Crippen LogP contribution in [-0.2, 0) is 17.8 Å². The Morgan fingerprint density at radius 2 is 1.97 bits per heavy atom. The van der Waals surface area contributed by atoms with E-state index in [0.29, 0.717) is 54.6 Å². The number of ether oxygens (including phenoxy) is 3. The van der Waals surface area contributed by atoms with Crippen LogP contribution in [0.25, 0.3) is 10.9 Å². The molecule has 0 fully saturated rings. The van der Waals surface area contributed by atoms with E-state index in [1.807, 2.05) is 30.3 Å². The highest BCUT2D eigenvalue weighted by molar-refractivity contribution is 5.83. The van der Waals surface area contributed by atoms with Gasteiger partial charge in [-0.25, -0.2) is 4.68 Å². The number of rotatable bonds is 9. The van der Waals surface area contributed by atoms with Crippen LogP contribution in [0.15, 0.2) is 53.3 Å². The number of fused-ring (bicyclic) bond motifs is 2. The fourth-order valence-corrected chi connectivity index (χ4v) is 4.26. The lowest BCUT2D eigenvalue weighted by Gasteiger charge is -2.30. The van der Waals surface area contributed by atoms with Gasteiger partial charge in [-0.1, -0.05) is 37.3 Å². The highest BCUT2D eigenvalue weighted by Gasteiger charge is 2.30. The average molecular weight is 463 g/mol. The molecule has 5 rings (SSSR count). The summed E-state index contributed by atoms with van der Waals surface area (Å²) >= 11 is 0. The van der Waals surface area contributed by atoms with E-state index in [1.165, 1.54) is 0 Å². The molecule has 1 aliphatic rings. The second-order valence-electron chi connectivity index (χ2n) is 8.05. The molecule has 1 atom stereocenters. The van der Waals surface area contributed by atoms with Gasteiger partial charge in [-0.3, -0.25) is 9.69 Å². The first-order valence-corrected chi connectivity index (χ1v) is 11.2. The Hall–Kier alpha value is -3.76. The Morgan fingerprint density at radius 1 is 1.18 bits per heavy atom. The smallest absolute Gasteiger partial charge is 0.253 e. The Balaban J connectivity index is 1.64. The number of aromatic nitrogens is 5. The first kappa shape index (κ1) is 22.1. The molecule has 0 aliphatic carbocycles. The van der Waals surface area contributed by atoms with Crippen molar-refractivity contribution in [3.8, 4) is 11.5 Å².